The van der Waals surface area contributed by atoms with E-state index in [2.05, 4.69) is 35.1 Å². The van der Waals surface area contributed by atoms with Gasteiger partial charge in [-0.1, -0.05) is 29.8 Å². The molecule has 0 aliphatic rings. The number of rotatable bonds is 6. The molecule has 0 aromatic heterocycles. The van der Waals surface area contributed by atoms with Gasteiger partial charge < -0.3 is 15.5 Å². The molecule has 3 N–H and O–H groups in total. The van der Waals surface area contributed by atoms with Crippen LogP contribution >= 0.6 is 15.9 Å². The van der Waals surface area contributed by atoms with Gasteiger partial charge in [0.25, 0.3) is 0 Å². The fraction of sp³-hybridized carbons (Fsp3) is 0.538. The van der Waals surface area contributed by atoms with Crippen LogP contribution in [0.3, 0.4) is 0 Å². The van der Waals surface area contributed by atoms with Gasteiger partial charge in [0.1, 0.15) is 5.75 Å². The Labute approximate surface area is 111 Å². The molecule has 0 aliphatic heterocycles. The first-order valence-electron chi connectivity index (χ1n) is 5.73. The van der Waals surface area contributed by atoms with E-state index in [-0.39, 0.29) is 12.0 Å². The van der Waals surface area contributed by atoms with Crippen molar-refractivity contribution in [1.82, 2.24) is 5.32 Å². The van der Waals surface area contributed by atoms with E-state index in [0.29, 0.717) is 12.3 Å². The molecule has 96 valence electrons. The zero-order valence-corrected chi connectivity index (χ0v) is 11.9. The van der Waals surface area contributed by atoms with Gasteiger partial charge in [0.15, 0.2) is 0 Å². The lowest BCUT2D eigenvalue weighted by Gasteiger charge is -2.24. The van der Waals surface area contributed by atoms with Crippen molar-refractivity contribution in [2.24, 2.45) is 5.41 Å². The summed E-state index contributed by atoms with van der Waals surface area (Å²) in [6, 6.07) is 5.40. The van der Waals surface area contributed by atoms with Crippen LogP contribution in [0, 0.1) is 5.41 Å². The number of phenols is 1. The summed E-state index contributed by atoms with van der Waals surface area (Å²) in [4.78, 5) is 0. The number of hydrogen-bond acceptors (Lipinski definition) is 3. The minimum atomic E-state index is 0.0659. The molecule has 0 unspecified atom stereocenters. The number of aliphatic hydroxyl groups excluding tert-OH is 1. The van der Waals surface area contributed by atoms with Gasteiger partial charge in [-0.25, -0.2) is 0 Å². The highest BCUT2D eigenvalue weighted by atomic mass is 79.9. The second-order valence-electron chi connectivity index (χ2n) is 5.01. The molecule has 0 saturated heterocycles. The van der Waals surface area contributed by atoms with E-state index in [1.165, 1.54) is 0 Å². The van der Waals surface area contributed by atoms with Gasteiger partial charge in [-0.2, -0.15) is 0 Å². The lowest BCUT2D eigenvalue weighted by Crippen LogP contribution is -2.29. The van der Waals surface area contributed by atoms with Crippen LogP contribution in [-0.2, 0) is 6.54 Å². The first-order chi connectivity index (χ1) is 7.94. The van der Waals surface area contributed by atoms with E-state index in [4.69, 9.17) is 5.11 Å². The molecular weight excluding hydrogens is 282 g/mol. The highest BCUT2D eigenvalue weighted by Gasteiger charge is 2.16. The van der Waals surface area contributed by atoms with Crippen LogP contribution in [0.15, 0.2) is 22.7 Å². The lowest BCUT2D eigenvalue weighted by atomic mass is 9.90. The number of aromatic hydroxyl groups is 1. The van der Waals surface area contributed by atoms with Crippen LogP contribution in [-0.4, -0.2) is 23.4 Å². The average molecular weight is 302 g/mol. The van der Waals surface area contributed by atoms with Crippen LogP contribution in [0.4, 0.5) is 0 Å². The van der Waals surface area contributed by atoms with Gasteiger partial charge in [0.2, 0.25) is 0 Å². The summed E-state index contributed by atoms with van der Waals surface area (Å²) in [6.07, 6.45) is 0.768. The molecule has 0 saturated carbocycles. The predicted molar refractivity (Wildman–Crippen MR) is 73.0 cm³/mol. The maximum absolute atomic E-state index is 9.67. The fourth-order valence-corrected chi connectivity index (χ4v) is 2.03. The van der Waals surface area contributed by atoms with E-state index in [1.54, 1.807) is 6.07 Å². The predicted octanol–water partition coefficient (Wildman–Crippen LogP) is 2.65. The zero-order chi connectivity index (χ0) is 12.9. The van der Waals surface area contributed by atoms with Crippen molar-refractivity contribution in [2.75, 3.05) is 13.2 Å². The normalized spacial score (nSPS) is 11.8. The van der Waals surface area contributed by atoms with E-state index in [1.807, 2.05) is 12.1 Å². The quantitative estimate of drug-likeness (QED) is 0.757. The van der Waals surface area contributed by atoms with E-state index in [0.717, 1.165) is 23.0 Å². The maximum atomic E-state index is 9.67. The number of halogens is 1. The summed E-state index contributed by atoms with van der Waals surface area (Å²) < 4.78 is 0.960. The third-order valence-corrected chi connectivity index (χ3v) is 3.24. The topological polar surface area (TPSA) is 52.5 Å². The minimum absolute atomic E-state index is 0.0659. The van der Waals surface area contributed by atoms with Crippen molar-refractivity contribution < 1.29 is 10.2 Å². The van der Waals surface area contributed by atoms with Gasteiger partial charge in [0.05, 0.1) is 0 Å². The third kappa shape index (κ3) is 5.06. The van der Waals surface area contributed by atoms with Crippen molar-refractivity contribution in [2.45, 2.75) is 26.8 Å². The van der Waals surface area contributed by atoms with E-state index in [9.17, 15) is 5.11 Å². The summed E-state index contributed by atoms with van der Waals surface area (Å²) in [5.41, 5.74) is 0.940. The van der Waals surface area contributed by atoms with Gasteiger partial charge >= 0.3 is 0 Å². The average Bonchev–Trinajstić information content (AvgIpc) is 2.23. The Balaban J connectivity index is 2.48. The molecular formula is C13H20BrNO2. The van der Waals surface area contributed by atoms with Crippen molar-refractivity contribution >= 4 is 15.9 Å². The van der Waals surface area contributed by atoms with Crippen LogP contribution in [0.25, 0.3) is 0 Å². The van der Waals surface area contributed by atoms with Gasteiger partial charge in [-0.3, -0.25) is 0 Å². The standard InChI is InChI=1S/C13H20BrNO2/c1-13(2,5-6-16)9-15-8-10-7-11(14)3-4-12(10)17/h3-4,7,15-17H,5-6,8-9H2,1-2H3. The Morgan fingerprint density at radius 1 is 1.35 bits per heavy atom. The van der Waals surface area contributed by atoms with Gasteiger partial charge in [-0.15, -0.1) is 0 Å². The van der Waals surface area contributed by atoms with Crippen LogP contribution in [0.2, 0.25) is 0 Å². The molecule has 1 aromatic carbocycles. The van der Waals surface area contributed by atoms with E-state index < -0.39 is 0 Å². The molecule has 4 heteroatoms. The van der Waals surface area contributed by atoms with Crippen molar-refractivity contribution in [3.05, 3.63) is 28.2 Å². The van der Waals surface area contributed by atoms with Crippen molar-refractivity contribution in [3.63, 3.8) is 0 Å². The monoisotopic (exact) mass is 301 g/mol. The SMILES string of the molecule is CC(C)(CCO)CNCc1cc(Br)ccc1O. The zero-order valence-electron chi connectivity index (χ0n) is 10.3. The molecule has 0 heterocycles. The molecule has 0 fully saturated rings. The molecule has 0 bridgehead atoms. The minimum Gasteiger partial charge on any atom is -0.508 e. The molecule has 1 rings (SSSR count). The first-order valence-corrected chi connectivity index (χ1v) is 6.53. The molecule has 0 atom stereocenters. The summed E-state index contributed by atoms with van der Waals surface area (Å²) in [7, 11) is 0. The second kappa shape index (κ2) is 6.38. The fourth-order valence-electron chi connectivity index (χ4n) is 1.62. The second-order valence-corrected chi connectivity index (χ2v) is 5.93. The summed E-state index contributed by atoms with van der Waals surface area (Å²) in [6.45, 7) is 5.85. The molecule has 0 radical (unpaired) electrons. The summed E-state index contributed by atoms with van der Waals surface area (Å²) in [5, 5.41) is 21.9. The first kappa shape index (κ1) is 14.5. The Bertz CT molecular complexity index is 366. The van der Waals surface area contributed by atoms with Crippen LogP contribution in [0.1, 0.15) is 25.8 Å². The largest absolute Gasteiger partial charge is 0.508 e. The molecule has 17 heavy (non-hydrogen) atoms. The van der Waals surface area contributed by atoms with Gasteiger partial charge in [0, 0.05) is 29.7 Å². The van der Waals surface area contributed by atoms with Crippen molar-refractivity contribution in [3.8, 4) is 5.75 Å². The van der Waals surface area contributed by atoms with E-state index >= 15 is 0 Å². The number of benzene rings is 1. The summed E-state index contributed by atoms with van der Waals surface area (Å²) in [5.74, 6) is 0.306. The highest BCUT2D eigenvalue weighted by molar-refractivity contribution is 9.10. The number of nitrogens with one attached hydrogen (secondary N) is 1. The number of phenolic OH excluding ortho intramolecular Hbond substituents is 1. The van der Waals surface area contributed by atoms with Crippen molar-refractivity contribution in [1.29, 1.82) is 0 Å². The molecule has 0 spiro atoms. The molecule has 0 amide bonds. The smallest absolute Gasteiger partial charge is 0.120 e. The number of hydrogen-bond donors (Lipinski definition) is 3. The van der Waals surface area contributed by atoms with Crippen LogP contribution in [0.5, 0.6) is 5.75 Å². The Kier molecular flexibility index (Phi) is 5.43. The highest BCUT2D eigenvalue weighted by Crippen LogP contribution is 2.22. The summed E-state index contributed by atoms with van der Waals surface area (Å²) >= 11 is 3.38. The third-order valence-electron chi connectivity index (χ3n) is 2.75. The molecule has 3 nitrogen and oxygen atoms in total. The molecule has 1 aromatic rings. The Hall–Kier alpha value is -0.580. The lowest BCUT2D eigenvalue weighted by molar-refractivity contribution is 0.207. The van der Waals surface area contributed by atoms with Gasteiger partial charge in [-0.05, 0) is 30.0 Å². The Morgan fingerprint density at radius 3 is 2.71 bits per heavy atom. The van der Waals surface area contributed by atoms with Crippen LogP contribution < -0.4 is 5.32 Å². The molecule has 0 aliphatic carbocycles. The maximum Gasteiger partial charge on any atom is 0.120 e. The Morgan fingerprint density at radius 2 is 2.06 bits per heavy atom. The number of aliphatic hydroxyl groups is 1.